The molecule has 0 aliphatic heterocycles. The first kappa shape index (κ1) is 15.5. The zero-order chi connectivity index (χ0) is 15.1. The molecule has 1 saturated carbocycles. The van der Waals surface area contributed by atoms with Crippen LogP contribution in [0.2, 0.25) is 0 Å². The number of nitrogens with zero attached hydrogens (tertiary/aromatic N) is 1. The first-order valence-electron chi connectivity index (χ1n) is 7.65. The Labute approximate surface area is 125 Å². The third-order valence-corrected chi connectivity index (χ3v) is 3.91. The number of rotatable bonds is 5. The molecule has 1 aliphatic carbocycles. The van der Waals surface area contributed by atoms with Crippen LogP contribution < -0.4 is 10.6 Å². The smallest absolute Gasteiger partial charge is 0.239 e. The normalized spacial score (nSPS) is 17.0. The Balaban J connectivity index is 1.73. The van der Waals surface area contributed by atoms with E-state index < -0.39 is 0 Å². The number of hydrogen-bond donors (Lipinski definition) is 2. The lowest BCUT2D eigenvalue weighted by Crippen LogP contribution is -2.40. The summed E-state index contributed by atoms with van der Waals surface area (Å²) in [5.74, 6) is -0.0904. The average molecular weight is 289 g/mol. The number of carbonyl (C=O) groups is 2. The molecule has 2 rings (SSSR count). The van der Waals surface area contributed by atoms with E-state index in [4.69, 9.17) is 0 Å². The first-order valence-corrected chi connectivity index (χ1v) is 7.65. The third-order valence-electron chi connectivity index (χ3n) is 3.91. The Morgan fingerprint density at radius 2 is 2.05 bits per heavy atom. The number of carbonyl (C=O) groups excluding carboxylic acids is 2. The molecule has 1 fully saturated rings. The lowest BCUT2D eigenvalue weighted by atomic mass is 9.89. The summed E-state index contributed by atoms with van der Waals surface area (Å²) in [5, 5.41) is 5.58. The van der Waals surface area contributed by atoms with E-state index in [1.165, 1.54) is 6.42 Å². The molecule has 21 heavy (non-hydrogen) atoms. The zero-order valence-electron chi connectivity index (χ0n) is 12.5. The van der Waals surface area contributed by atoms with E-state index in [2.05, 4.69) is 15.6 Å². The van der Waals surface area contributed by atoms with Crippen LogP contribution in [0.3, 0.4) is 0 Å². The minimum atomic E-state index is -0.183. The van der Waals surface area contributed by atoms with Gasteiger partial charge in [-0.3, -0.25) is 14.6 Å². The number of hydrogen-bond acceptors (Lipinski definition) is 3. The van der Waals surface area contributed by atoms with Gasteiger partial charge in [0.05, 0.1) is 18.3 Å². The van der Waals surface area contributed by atoms with Gasteiger partial charge in [-0.2, -0.15) is 0 Å². The van der Waals surface area contributed by atoms with Crippen LogP contribution in [0.15, 0.2) is 24.4 Å². The van der Waals surface area contributed by atoms with Crippen molar-refractivity contribution in [3.8, 4) is 0 Å². The lowest BCUT2D eigenvalue weighted by Gasteiger charge is -2.21. The fourth-order valence-electron chi connectivity index (χ4n) is 2.68. The zero-order valence-corrected chi connectivity index (χ0v) is 12.5. The fraction of sp³-hybridized carbons (Fsp3) is 0.562. The summed E-state index contributed by atoms with van der Waals surface area (Å²) in [6.07, 6.45) is 7.02. The van der Waals surface area contributed by atoms with Crippen molar-refractivity contribution >= 4 is 11.8 Å². The molecule has 0 unspecified atom stereocenters. The maximum absolute atomic E-state index is 12.0. The molecule has 1 heterocycles. The molecular weight excluding hydrogens is 266 g/mol. The first-order chi connectivity index (χ1) is 10.2. The summed E-state index contributed by atoms with van der Waals surface area (Å²) in [7, 11) is 0. The molecule has 1 aromatic rings. The van der Waals surface area contributed by atoms with Crippen LogP contribution >= 0.6 is 0 Å². The van der Waals surface area contributed by atoms with Crippen molar-refractivity contribution in [2.45, 2.75) is 45.1 Å². The van der Waals surface area contributed by atoms with Gasteiger partial charge in [0.25, 0.3) is 0 Å². The summed E-state index contributed by atoms with van der Waals surface area (Å²) in [4.78, 5) is 28.0. The molecule has 114 valence electrons. The van der Waals surface area contributed by atoms with Crippen LogP contribution in [0, 0.1) is 5.92 Å². The van der Waals surface area contributed by atoms with Gasteiger partial charge in [-0.05, 0) is 31.9 Å². The Kier molecular flexibility index (Phi) is 5.72. The monoisotopic (exact) mass is 289 g/mol. The SMILES string of the molecule is C[C@@H](NC(=O)CNC(=O)C1CCCCC1)c1ccccn1. The molecule has 0 radical (unpaired) electrons. The summed E-state index contributed by atoms with van der Waals surface area (Å²) in [6.45, 7) is 1.91. The van der Waals surface area contributed by atoms with Gasteiger partial charge in [0.2, 0.25) is 11.8 Å². The van der Waals surface area contributed by atoms with Crippen molar-refractivity contribution in [2.75, 3.05) is 6.54 Å². The number of aromatic nitrogens is 1. The van der Waals surface area contributed by atoms with E-state index in [1.54, 1.807) is 6.20 Å². The third kappa shape index (κ3) is 4.85. The molecular formula is C16H23N3O2. The second-order valence-corrected chi connectivity index (χ2v) is 5.60. The summed E-state index contributed by atoms with van der Waals surface area (Å²) >= 11 is 0. The van der Waals surface area contributed by atoms with Crippen LogP contribution in [0.5, 0.6) is 0 Å². The van der Waals surface area contributed by atoms with E-state index in [1.807, 2.05) is 25.1 Å². The van der Waals surface area contributed by atoms with Gasteiger partial charge in [0.1, 0.15) is 0 Å². The Bertz CT molecular complexity index is 470. The van der Waals surface area contributed by atoms with Crippen molar-refractivity contribution in [1.29, 1.82) is 0 Å². The van der Waals surface area contributed by atoms with Crippen molar-refractivity contribution < 1.29 is 9.59 Å². The molecule has 1 aromatic heterocycles. The number of amides is 2. The van der Waals surface area contributed by atoms with E-state index >= 15 is 0 Å². The van der Waals surface area contributed by atoms with Crippen molar-refractivity contribution in [1.82, 2.24) is 15.6 Å². The summed E-state index contributed by atoms with van der Waals surface area (Å²) in [5.41, 5.74) is 0.810. The predicted octanol–water partition coefficient (Wildman–Crippen LogP) is 1.96. The second-order valence-electron chi connectivity index (χ2n) is 5.60. The molecule has 0 bridgehead atoms. The molecule has 1 aliphatic rings. The maximum atomic E-state index is 12.0. The van der Waals surface area contributed by atoms with E-state index in [-0.39, 0.29) is 30.3 Å². The van der Waals surface area contributed by atoms with E-state index in [9.17, 15) is 9.59 Å². The van der Waals surface area contributed by atoms with Gasteiger partial charge >= 0.3 is 0 Å². The molecule has 0 saturated heterocycles. The van der Waals surface area contributed by atoms with Crippen LogP contribution in [-0.4, -0.2) is 23.3 Å². The lowest BCUT2D eigenvalue weighted by molar-refractivity contribution is -0.129. The van der Waals surface area contributed by atoms with Crippen molar-refractivity contribution in [2.24, 2.45) is 5.92 Å². The van der Waals surface area contributed by atoms with Crippen LogP contribution in [0.25, 0.3) is 0 Å². The van der Waals surface area contributed by atoms with Gasteiger partial charge in [0, 0.05) is 12.1 Å². The molecule has 2 amide bonds. The molecule has 2 N–H and O–H groups in total. The van der Waals surface area contributed by atoms with Gasteiger partial charge in [-0.25, -0.2) is 0 Å². The maximum Gasteiger partial charge on any atom is 0.239 e. The molecule has 0 spiro atoms. The highest BCUT2D eigenvalue weighted by atomic mass is 16.2. The second kappa shape index (κ2) is 7.76. The van der Waals surface area contributed by atoms with Gasteiger partial charge in [-0.1, -0.05) is 25.3 Å². The highest BCUT2D eigenvalue weighted by Crippen LogP contribution is 2.23. The van der Waals surface area contributed by atoms with Crippen LogP contribution in [-0.2, 0) is 9.59 Å². The van der Waals surface area contributed by atoms with Gasteiger partial charge in [-0.15, -0.1) is 0 Å². The number of pyridine rings is 1. The standard InChI is InChI=1S/C16H23N3O2/c1-12(14-9-5-6-10-17-14)19-15(20)11-18-16(21)13-7-3-2-4-8-13/h5-6,9-10,12-13H,2-4,7-8,11H2,1H3,(H,18,21)(H,19,20)/t12-/m1/s1. The van der Waals surface area contributed by atoms with Crippen LogP contribution in [0.1, 0.15) is 50.8 Å². The van der Waals surface area contributed by atoms with Crippen molar-refractivity contribution in [3.63, 3.8) is 0 Å². The van der Waals surface area contributed by atoms with Crippen molar-refractivity contribution in [3.05, 3.63) is 30.1 Å². The van der Waals surface area contributed by atoms with E-state index in [0.29, 0.717) is 0 Å². The minimum absolute atomic E-state index is 0.00957. The highest BCUT2D eigenvalue weighted by molar-refractivity contribution is 5.85. The Morgan fingerprint density at radius 3 is 2.71 bits per heavy atom. The van der Waals surface area contributed by atoms with Gasteiger partial charge in [0.15, 0.2) is 0 Å². The summed E-state index contributed by atoms with van der Waals surface area (Å²) in [6, 6.07) is 5.43. The predicted molar refractivity (Wildman–Crippen MR) is 80.4 cm³/mol. The summed E-state index contributed by atoms with van der Waals surface area (Å²) < 4.78 is 0. The number of nitrogens with one attached hydrogen (secondary N) is 2. The highest BCUT2D eigenvalue weighted by Gasteiger charge is 2.21. The Morgan fingerprint density at radius 1 is 1.29 bits per heavy atom. The van der Waals surface area contributed by atoms with E-state index in [0.717, 1.165) is 31.4 Å². The molecule has 1 atom stereocenters. The largest absolute Gasteiger partial charge is 0.347 e. The average Bonchev–Trinajstić information content (AvgIpc) is 2.54. The topological polar surface area (TPSA) is 71.1 Å². The molecule has 5 nitrogen and oxygen atoms in total. The molecule has 0 aromatic carbocycles. The quantitative estimate of drug-likeness (QED) is 0.870. The van der Waals surface area contributed by atoms with Gasteiger partial charge < -0.3 is 10.6 Å². The Hall–Kier alpha value is -1.91. The molecule has 5 heteroatoms. The van der Waals surface area contributed by atoms with Crippen LogP contribution in [0.4, 0.5) is 0 Å². The fourth-order valence-corrected chi connectivity index (χ4v) is 2.68. The minimum Gasteiger partial charge on any atom is -0.347 e.